The van der Waals surface area contributed by atoms with Gasteiger partial charge < -0.3 is 9.64 Å². The van der Waals surface area contributed by atoms with Crippen molar-refractivity contribution in [2.24, 2.45) is 4.99 Å². The number of nitrogens with zero attached hydrogens (tertiary/aromatic N) is 3. The molecule has 14 heavy (non-hydrogen) atoms. The van der Waals surface area contributed by atoms with E-state index in [1.54, 1.807) is 0 Å². The summed E-state index contributed by atoms with van der Waals surface area (Å²) in [6.45, 7) is 4.51. The second kappa shape index (κ2) is 5.89. The molecule has 1 heterocycles. The lowest BCUT2D eigenvalue weighted by Crippen LogP contribution is -2.44. The van der Waals surface area contributed by atoms with Crippen molar-refractivity contribution >= 4 is 16.9 Å². The minimum atomic E-state index is 0.278. The van der Waals surface area contributed by atoms with Crippen LogP contribution in [0.2, 0.25) is 0 Å². The fourth-order valence-corrected chi connectivity index (χ4v) is 1.98. The van der Waals surface area contributed by atoms with Gasteiger partial charge >= 0.3 is 0 Å². The van der Waals surface area contributed by atoms with Gasteiger partial charge in [-0.2, -0.15) is 5.26 Å². The van der Waals surface area contributed by atoms with E-state index in [0.29, 0.717) is 0 Å². The summed E-state index contributed by atoms with van der Waals surface area (Å²) in [5, 5.41) is 9.31. The molecule has 5 heteroatoms. The zero-order valence-electron chi connectivity index (χ0n) is 8.56. The SMILES string of the molecule is CCC1CN(C(=NC#N)SC)CCO1. The van der Waals surface area contributed by atoms with E-state index in [0.717, 1.165) is 31.3 Å². The highest BCUT2D eigenvalue weighted by Crippen LogP contribution is 2.13. The van der Waals surface area contributed by atoms with Gasteiger partial charge in [0.1, 0.15) is 0 Å². The first-order chi connectivity index (χ1) is 6.81. The Kier molecular flexibility index (Phi) is 4.77. The Morgan fingerprint density at radius 3 is 3.14 bits per heavy atom. The summed E-state index contributed by atoms with van der Waals surface area (Å²) in [6, 6.07) is 0. The van der Waals surface area contributed by atoms with Crippen LogP contribution < -0.4 is 0 Å². The summed E-state index contributed by atoms with van der Waals surface area (Å²) >= 11 is 1.51. The van der Waals surface area contributed by atoms with Crippen LogP contribution in [0.1, 0.15) is 13.3 Å². The van der Waals surface area contributed by atoms with E-state index in [2.05, 4.69) is 16.8 Å². The molecule has 0 aromatic heterocycles. The number of rotatable bonds is 1. The molecule has 0 N–H and O–H groups in total. The molecule has 1 aliphatic rings. The summed E-state index contributed by atoms with van der Waals surface area (Å²) in [7, 11) is 0. The number of amidine groups is 1. The van der Waals surface area contributed by atoms with E-state index in [1.165, 1.54) is 11.8 Å². The van der Waals surface area contributed by atoms with E-state index in [4.69, 9.17) is 10.00 Å². The summed E-state index contributed by atoms with van der Waals surface area (Å²) in [6.07, 6.45) is 5.05. The van der Waals surface area contributed by atoms with Crippen LogP contribution in [0.15, 0.2) is 4.99 Å². The Morgan fingerprint density at radius 2 is 2.57 bits per heavy atom. The normalized spacial score (nSPS) is 23.4. The molecule has 78 valence electrons. The van der Waals surface area contributed by atoms with E-state index < -0.39 is 0 Å². The Bertz CT molecular complexity index is 249. The second-order valence-electron chi connectivity index (χ2n) is 3.05. The van der Waals surface area contributed by atoms with Crippen LogP contribution in [0.25, 0.3) is 0 Å². The summed E-state index contributed by atoms with van der Waals surface area (Å²) < 4.78 is 5.54. The maximum absolute atomic E-state index is 8.51. The minimum Gasteiger partial charge on any atom is -0.375 e. The predicted molar refractivity (Wildman–Crippen MR) is 58.2 cm³/mol. The highest BCUT2D eigenvalue weighted by atomic mass is 32.2. The topological polar surface area (TPSA) is 48.6 Å². The van der Waals surface area contributed by atoms with Gasteiger partial charge in [-0.25, -0.2) is 0 Å². The molecule has 0 saturated carbocycles. The lowest BCUT2D eigenvalue weighted by molar-refractivity contribution is -0.00600. The number of hydrogen-bond acceptors (Lipinski definition) is 4. The van der Waals surface area contributed by atoms with Gasteiger partial charge in [-0.1, -0.05) is 18.7 Å². The lowest BCUT2D eigenvalue weighted by Gasteiger charge is -2.33. The number of aliphatic imine (C=N–C) groups is 1. The Hall–Kier alpha value is -0.730. The molecule has 1 fully saturated rings. The third kappa shape index (κ3) is 2.89. The zero-order valence-corrected chi connectivity index (χ0v) is 9.38. The maximum atomic E-state index is 8.51. The van der Waals surface area contributed by atoms with Crippen molar-refractivity contribution in [3.05, 3.63) is 0 Å². The molecule has 0 spiro atoms. The smallest absolute Gasteiger partial charge is 0.208 e. The predicted octanol–water partition coefficient (Wildman–Crippen LogP) is 1.30. The first-order valence-corrected chi connectivity index (χ1v) is 5.91. The zero-order chi connectivity index (χ0) is 10.4. The van der Waals surface area contributed by atoms with Gasteiger partial charge in [0.25, 0.3) is 0 Å². The largest absolute Gasteiger partial charge is 0.375 e. The Balaban J connectivity index is 2.58. The van der Waals surface area contributed by atoms with Crippen molar-refractivity contribution in [3.8, 4) is 6.19 Å². The third-order valence-electron chi connectivity index (χ3n) is 2.19. The molecule has 0 aromatic rings. The molecule has 1 saturated heterocycles. The molecule has 0 amide bonds. The van der Waals surface area contributed by atoms with E-state index >= 15 is 0 Å². The van der Waals surface area contributed by atoms with Crippen molar-refractivity contribution < 1.29 is 4.74 Å². The molecule has 0 aliphatic carbocycles. The summed E-state index contributed by atoms with van der Waals surface area (Å²) in [5.41, 5.74) is 0. The molecular weight excluding hydrogens is 198 g/mol. The van der Waals surface area contributed by atoms with Crippen molar-refractivity contribution in [2.45, 2.75) is 19.4 Å². The van der Waals surface area contributed by atoms with Crippen LogP contribution in [-0.4, -0.2) is 42.1 Å². The lowest BCUT2D eigenvalue weighted by atomic mass is 10.2. The van der Waals surface area contributed by atoms with Crippen LogP contribution in [0.4, 0.5) is 0 Å². The molecular formula is C9H15N3OS. The number of nitriles is 1. The quantitative estimate of drug-likeness (QED) is 0.374. The van der Waals surface area contributed by atoms with Gasteiger partial charge in [0.05, 0.1) is 12.7 Å². The second-order valence-corrected chi connectivity index (χ2v) is 3.82. The van der Waals surface area contributed by atoms with Gasteiger partial charge in [-0.05, 0) is 12.7 Å². The van der Waals surface area contributed by atoms with Gasteiger partial charge in [0.15, 0.2) is 5.17 Å². The molecule has 1 atom stereocenters. The molecule has 0 radical (unpaired) electrons. The fourth-order valence-electron chi connectivity index (χ4n) is 1.43. The first kappa shape index (κ1) is 11.3. The maximum Gasteiger partial charge on any atom is 0.208 e. The Labute approximate surface area is 88.9 Å². The van der Waals surface area contributed by atoms with Crippen LogP contribution in [0.5, 0.6) is 0 Å². The van der Waals surface area contributed by atoms with E-state index in [9.17, 15) is 0 Å². The van der Waals surface area contributed by atoms with Crippen molar-refractivity contribution in [2.75, 3.05) is 26.0 Å². The van der Waals surface area contributed by atoms with Crippen LogP contribution in [0, 0.1) is 11.5 Å². The van der Waals surface area contributed by atoms with Crippen LogP contribution in [-0.2, 0) is 4.74 Å². The van der Waals surface area contributed by atoms with Crippen molar-refractivity contribution in [1.82, 2.24) is 4.90 Å². The molecule has 1 aliphatic heterocycles. The van der Waals surface area contributed by atoms with E-state index in [-0.39, 0.29) is 6.10 Å². The fraction of sp³-hybridized carbons (Fsp3) is 0.778. The first-order valence-electron chi connectivity index (χ1n) is 4.69. The Morgan fingerprint density at radius 1 is 1.79 bits per heavy atom. The standard InChI is InChI=1S/C9H15N3OS/c1-3-8-6-12(4-5-13-8)9(14-2)11-7-10/h8H,3-6H2,1-2H3. The monoisotopic (exact) mass is 213 g/mol. The molecule has 1 rings (SSSR count). The van der Waals surface area contributed by atoms with Crippen molar-refractivity contribution in [1.29, 1.82) is 5.26 Å². The van der Waals surface area contributed by atoms with Crippen molar-refractivity contribution in [3.63, 3.8) is 0 Å². The highest BCUT2D eigenvalue weighted by Gasteiger charge is 2.21. The molecule has 4 nitrogen and oxygen atoms in total. The summed E-state index contributed by atoms with van der Waals surface area (Å²) in [4.78, 5) is 5.91. The number of hydrogen-bond donors (Lipinski definition) is 0. The molecule has 0 aromatic carbocycles. The number of morpholine rings is 1. The van der Waals surface area contributed by atoms with Crippen LogP contribution in [0.3, 0.4) is 0 Å². The molecule has 0 bridgehead atoms. The number of ether oxygens (including phenoxy) is 1. The van der Waals surface area contributed by atoms with Gasteiger partial charge in [-0.3, -0.25) is 0 Å². The van der Waals surface area contributed by atoms with Gasteiger partial charge in [0, 0.05) is 13.1 Å². The minimum absolute atomic E-state index is 0.278. The van der Waals surface area contributed by atoms with Crippen LogP contribution >= 0.6 is 11.8 Å². The molecule has 1 unspecified atom stereocenters. The van der Waals surface area contributed by atoms with Gasteiger partial charge in [-0.15, -0.1) is 4.99 Å². The van der Waals surface area contributed by atoms with Gasteiger partial charge in [0.2, 0.25) is 6.19 Å². The highest BCUT2D eigenvalue weighted by molar-refractivity contribution is 8.13. The summed E-state index contributed by atoms with van der Waals surface area (Å²) in [5.74, 6) is 0. The van der Waals surface area contributed by atoms with E-state index in [1.807, 2.05) is 12.4 Å². The average molecular weight is 213 g/mol. The average Bonchev–Trinajstić information content (AvgIpc) is 2.26. The number of thioether (sulfide) groups is 1. The third-order valence-corrected chi connectivity index (χ3v) is 2.91.